The molecule has 1 aliphatic rings. The summed E-state index contributed by atoms with van der Waals surface area (Å²) in [4.78, 5) is 18.6. The maximum atomic E-state index is 12.8. The number of aliphatic hydroxyl groups excluding tert-OH is 1. The van der Waals surface area contributed by atoms with Crippen molar-refractivity contribution in [2.24, 2.45) is 5.92 Å². The van der Waals surface area contributed by atoms with Gasteiger partial charge < -0.3 is 14.7 Å². The van der Waals surface area contributed by atoms with Gasteiger partial charge in [-0.15, -0.1) is 0 Å². The third-order valence-corrected chi connectivity index (χ3v) is 4.42. The Hall–Kier alpha value is -2.40. The van der Waals surface area contributed by atoms with Crippen LogP contribution in [0.2, 0.25) is 0 Å². The average Bonchev–Trinajstić information content (AvgIpc) is 3.42. The van der Waals surface area contributed by atoms with Crippen LogP contribution in [0.4, 0.5) is 0 Å². The zero-order chi connectivity index (χ0) is 16.9. The van der Waals surface area contributed by atoms with Crippen LogP contribution in [0.25, 0.3) is 0 Å². The molecule has 2 atom stereocenters. The molecule has 1 amide bonds. The summed E-state index contributed by atoms with van der Waals surface area (Å²) in [6.07, 6.45) is 4.29. The van der Waals surface area contributed by atoms with E-state index in [0.29, 0.717) is 13.1 Å². The van der Waals surface area contributed by atoms with Crippen LogP contribution in [0, 0.1) is 5.92 Å². The molecule has 2 aromatic rings. The van der Waals surface area contributed by atoms with Crippen molar-refractivity contribution in [3.05, 3.63) is 59.9 Å². The minimum atomic E-state index is -0.0436. The first-order valence-electron chi connectivity index (χ1n) is 8.16. The Morgan fingerprint density at radius 1 is 1.33 bits per heavy atom. The van der Waals surface area contributed by atoms with Gasteiger partial charge in [0.05, 0.1) is 13.7 Å². The molecule has 0 radical (unpaired) electrons. The number of carbonyl (C=O) groups is 1. The molecule has 1 N–H and O–H groups in total. The Morgan fingerprint density at radius 3 is 2.88 bits per heavy atom. The van der Waals surface area contributed by atoms with Crippen LogP contribution in [-0.2, 0) is 11.3 Å². The minimum Gasteiger partial charge on any atom is -0.496 e. The predicted molar refractivity (Wildman–Crippen MR) is 90.6 cm³/mol. The number of hydrogen-bond acceptors (Lipinski definition) is 4. The van der Waals surface area contributed by atoms with Crippen LogP contribution in [0.5, 0.6) is 5.75 Å². The van der Waals surface area contributed by atoms with E-state index in [9.17, 15) is 9.90 Å². The zero-order valence-electron chi connectivity index (χ0n) is 13.8. The summed E-state index contributed by atoms with van der Waals surface area (Å²) in [5.74, 6) is 1.08. The number of aromatic nitrogens is 1. The smallest absolute Gasteiger partial charge is 0.226 e. The van der Waals surface area contributed by atoms with Crippen molar-refractivity contribution in [2.45, 2.75) is 18.9 Å². The second kappa shape index (κ2) is 7.45. The molecule has 5 nitrogen and oxygen atoms in total. The summed E-state index contributed by atoms with van der Waals surface area (Å²) in [5, 5.41) is 9.30. The first-order valence-corrected chi connectivity index (χ1v) is 8.16. The van der Waals surface area contributed by atoms with E-state index in [-0.39, 0.29) is 24.3 Å². The molecule has 1 aromatic carbocycles. The minimum absolute atomic E-state index is 0.0375. The van der Waals surface area contributed by atoms with Gasteiger partial charge in [-0.05, 0) is 35.6 Å². The monoisotopic (exact) mass is 326 g/mol. The molecule has 126 valence electrons. The highest BCUT2D eigenvalue weighted by atomic mass is 16.5. The van der Waals surface area contributed by atoms with Crippen LogP contribution in [0.1, 0.15) is 23.5 Å². The number of amides is 1. The topological polar surface area (TPSA) is 62.7 Å². The molecule has 0 bridgehead atoms. The lowest BCUT2D eigenvalue weighted by Gasteiger charge is -2.22. The number of methoxy groups -OCH3 is 1. The summed E-state index contributed by atoms with van der Waals surface area (Å²) in [7, 11) is 1.65. The molecule has 0 spiro atoms. The lowest BCUT2D eigenvalue weighted by Crippen LogP contribution is -2.34. The van der Waals surface area contributed by atoms with Crippen molar-refractivity contribution in [2.75, 3.05) is 20.3 Å². The Morgan fingerprint density at radius 2 is 2.17 bits per heavy atom. The maximum Gasteiger partial charge on any atom is 0.226 e. The van der Waals surface area contributed by atoms with Crippen LogP contribution >= 0.6 is 0 Å². The molecule has 24 heavy (non-hydrogen) atoms. The summed E-state index contributed by atoms with van der Waals surface area (Å²) in [5.41, 5.74) is 2.05. The van der Waals surface area contributed by atoms with Crippen LogP contribution in [-0.4, -0.2) is 41.2 Å². The molecule has 1 heterocycles. The van der Waals surface area contributed by atoms with E-state index in [0.717, 1.165) is 23.3 Å². The number of nitrogens with zero attached hydrogens (tertiary/aromatic N) is 2. The fourth-order valence-electron chi connectivity index (χ4n) is 3.12. The third kappa shape index (κ3) is 3.57. The van der Waals surface area contributed by atoms with Crippen molar-refractivity contribution in [3.8, 4) is 5.75 Å². The fourth-order valence-corrected chi connectivity index (χ4v) is 3.12. The largest absolute Gasteiger partial charge is 0.496 e. The zero-order valence-corrected chi connectivity index (χ0v) is 13.8. The van der Waals surface area contributed by atoms with Crippen LogP contribution in [0.3, 0.4) is 0 Å². The quantitative estimate of drug-likeness (QED) is 0.847. The predicted octanol–water partition coefficient (Wildman–Crippen LogP) is 2.21. The van der Waals surface area contributed by atoms with Crippen molar-refractivity contribution in [3.63, 3.8) is 0 Å². The Kier molecular flexibility index (Phi) is 5.11. The molecule has 1 fully saturated rings. The number of aliphatic hydroxyl groups is 1. The standard InChI is InChI=1S/C19H22N2O3/c1-24-18-7-3-2-6-15(18)16-11-17(16)19(23)21(9-10-22)13-14-5-4-8-20-12-14/h2-8,12,16-17,22H,9-11,13H2,1H3. The number of carbonyl (C=O) groups excluding carboxylic acids is 1. The SMILES string of the molecule is COc1ccccc1C1CC1C(=O)N(CCO)Cc1cccnc1. The molecule has 3 rings (SSSR count). The maximum absolute atomic E-state index is 12.8. The Labute approximate surface area is 141 Å². The van der Waals surface area contributed by atoms with Gasteiger partial charge in [-0.2, -0.15) is 0 Å². The van der Waals surface area contributed by atoms with Crippen LogP contribution < -0.4 is 4.74 Å². The molecule has 1 saturated carbocycles. The Bertz CT molecular complexity index is 690. The summed E-state index contributed by atoms with van der Waals surface area (Å²) in [6.45, 7) is 0.767. The van der Waals surface area contributed by atoms with E-state index < -0.39 is 0 Å². The van der Waals surface area contributed by atoms with Crippen molar-refractivity contribution in [1.29, 1.82) is 0 Å². The van der Waals surface area contributed by atoms with E-state index in [2.05, 4.69) is 4.98 Å². The first kappa shape index (κ1) is 16.5. The van der Waals surface area contributed by atoms with Gasteiger partial charge in [0.15, 0.2) is 0 Å². The molecule has 5 heteroatoms. The molecular weight excluding hydrogens is 304 g/mol. The van der Waals surface area contributed by atoms with Gasteiger partial charge in [-0.25, -0.2) is 0 Å². The summed E-state index contributed by atoms with van der Waals surface area (Å²) < 4.78 is 5.41. The number of rotatable bonds is 7. The lowest BCUT2D eigenvalue weighted by atomic mass is 10.1. The van der Waals surface area contributed by atoms with Crippen molar-refractivity contribution < 1.29 is 14.6 Å². The first-order chi connectivity index (χ1) is 11.7. The van der Waals surface area contributed by atoms with Gasteiger partial charge in [0.2, 0.25) is 5.91 Å². The number of pyridine rings is 1. The lowest BCUT2D eigenvalue weighted by molar-refractivity contribution is -0.133. The second-order valence-electron chi connectivity index (χ2n) is 6.04. The number of ether oxygens (including phenoxy) is 1. The van der Waals surface area contributed by atoms with Gasteiger partial charge in [-0.3, -0.25) is 9.78 Å². The molecule has 1 aromatic heterocycles. The highest BCUT2D eigenvalue weighted by molar-refractivity contribution is 5.83. The van der Waals surface area contributed by atoms with E-state index >= 15 is 0 Å². The third-order valence-electron chi connectivity index (χ3n) is 4.42. The van der Waals surface area contributed by atoms with E-state index in [1.807, 2.05) is 36.4 Å². The highest BCUT2D eigenvalue weighted by Crippen LogP contribution is 2.51. The molecular formula is C19H22N2O3. The van der Waals surface area contributed by atoms with Gasteiger partial charge in [-0.1, -0.05) is 24.3 Å². The van der Waals surface area contributed by atoms with Gasteiger partial charge in [0.25, 0.3) is 0 Å². The van der Waals surface area contributed by atoms with E-state index in [1.165, 1.54) is 0 Å². The van der Waals surface area contributed by atoms with E-state index in [4.69, 9.17) is 4.74 Å². The van der Waals surface area contributed by atoms with Crippen LogP contribution in [0.15, 0.2) is 48.8 Å². The number of para-hydroxylation sites is 1. The van der Waals surface area contributed by atoms with E-state index in [1.54, 1.807) is 24.4 Å². The summed E-state index contributed by atoms with van der Waals surface area (Å²) >= 11 is 0. The summed E-state index contributed by atoms with van der Waals surface area (Å²) in [6, 6.07) is 11.6. The highest BCUT2D eigenvalue weighted by Gasteiger charge is 2.46. The van der Waals surface area contributed by atoms with Crippen molar-refractivity contribution >= 4 is 5.91 Å². The molecule has 0 aliphatic heterocycles. The molecule has 0 saturated heterocycles. The van der Waals surface area contributed by atoms with Crippen molar-refractivity contribution in [1.82, 2.24) is 9.88 Å². The number of benzene rings is 1. The Balaban J connectivity index is 1.70. The molecule has 2 unspecified atom stereocenters. The normalized spacial score (nSPS) is 18.9. The van der Waals surface area contributed by atoms with Gasteiger partial charge in [0, 0.05) is 31.4 Å². The second-order valence-corrected chi connectivity index (χ2v) is 6.04. The fraction of sp³-hybridized carbons (Fsp3) is 0.368. The van der Waals surface area contributed by atoms with Gasteiger partial charge in [0.1, 0.15) is 5.75 Å². The average molecular weight is 326 g/mol. The number of hydrogen-bond donors (Lipinski definition) is 1. The molecule has 1 aliphatic carbocycles. The van der Waals surface area contributed by atoms with Gasteiger partial charge >= 0.3 is 0 Å².